The van der Waals surface area contributed by atoms with Gasteiger partial charge < -0.3 is 5.11 Å². The van der Waals surface area contributed by atoms with Crippen LogP contribution in [-0.4, -0.2) is 17.4 Å². The van der Waals surface area contributed by atoms with E-state index in [1.165, 1.54) is 6.08 Å². The lowest BCUT2D eigenvalue weighted by molar-refractivity contribution is -0.0905. The maximum Gasteiger partial charge on any atom is 0.416 e. The fourth-order valence-electron chi connectivity index (χ4n) is 1.66. The van der Waals surface area contributed by atoms with Crippen LogP contribution in [0.3, 0.4) is 0 Å². The van der Waals surface area contributed by atoms with Gasteiger partial charge in [0.15, 0.2) is 0 Å². The van der Waals surface area contributed by atoms with E-state index < -0.39 is 17.9 Å². The summed E-state index contributed by atoms with van der Waals surface area (Å²) in [5, 5.41) is 10.5. The van der Waals surface area contributed by atoms with Gasteiger partial charge in [0.2, 0.25) is 0 Å². The van der Waals surface area contributed by atoms with E-state index in [2.05, 4.69) is 13.2 Å². The van der Waals surface area contributed by atoms with Crippen LogP contribution >= 0.6 is 11.6 Å². The average molecular weight is 303 g/mol. The van der Waals surface area contributed by atoms with Crippen LogP contribution in [0.5, 0.6) is 0 Å². The number of benzene rings is 1. The summed E-state index contributed by atoms with van der Waals surface area (Å²) in [5.74, 6) is 0. The molecule has 0 aliphatic rings. The number of halogens is 4. The standard InChI is InChI=1S/C15H14ClF3O/c1-3-4-13(10(2)15(17,18)19)14(20)9-11-5-7-12(16)8-6-11/h3-8,14,20H,1-2,9H2/b13-4+. The number of hydrogen-bond donors (Lipinski definition) is 1. The highest BCUT2D eigenvalue weighted by atomic mass is 35.5. The van der Waals surface area contributed by atoms with Crippen molar-refractivity contribution in [2.75, 3.05) is 0 Å². The van der Waals surface area contributed by atoms with Crippen LogP contribution in [0.2, 0.25) is 5.02 Å². The van der Waals surface area contributed by atoms with E-state index in [0.717, 1.165) is 6.08 Å². The molecule has 20 heavy (non-hydrogen) atoms. The third-order valence-corrected chi connectivity index (χ3v) is 2.94. The van der Waals surface area contributed by atoms with Crippen LogP contribution in [0.4, 0.5) is 13.2 Å². The second-order valence-electron chi connectivity index (χ2n) is 4.18. The Balaban J connectivity index is 2.93. The third-order valence-electron chi connectivity index (χ3n) is 2.69. The number of allylic oxidation sites excluding steroid dienone is 2. The smallest absolute Gasteiger partial charge is 0.388 e. The molecule has 1 atom stereocenters. The molecule has 0 radical (unpaired) electrons. The summed E-state index contributed by atoms with van der Waals surface area (Å²) < 4.78 is 38.0. The summed E-state index contributed by atoms with van der Waals surface area (Å²) in [7, 11) is 0. The molecule has 5 heteroatoms. The van der Waals surface area contributed by atoms with Gasteiger partial charge >= 0.3 is 6.18 Å². The van der Waals surface area contributed by atoms with E-state index in [-0.39, 0.29) is 12.0 Å². The number of aliphatic hydroxyl groups is 1. The van der Waals surface area contributed by atoms with Crippen LogP contribution in [0.15, 0.2) is 60.7 Å². The van der Waals surface area contributed by atoms with Crippen molar-refractivity contribution in [3.63, 3.8) is 0 Å². The molecule has 0 aromatic heterocycles. The highest BCUT2D eigenvalue weighted by Gasteiger charge is 2.36. The molecule has 0 heterocycles. The molecule has 0 saturated heterocycles. The Morgan fingerprint density at radius 1 is 1.30 bits per heavy atom. The van der Waals surface area contributed by atoms with Crippen LogP contribution in [0, 0.1) is 0 Å². The first-order chi connectivity index (χ1) is 9.25. The Morgan fingerprint density at radius 3 is 2.30 bits per heavy atom. The monoisotopic (exact) mass is 302 g/mol. The molecule has 0 bridgehead atoms. The van der Waals surface area contributed by atoms with E-state index in [9.17, 15) is 18.3 Å². The SMILES string of the molecule is C=C/C=C(\C(=C)C(F)(F)F)C(O)Cc1ccc(Cl)cc1. The lowest BCUT2D eigenvalue weighted by Crippen LogP contribution is -2.22. The molecule has 0 spiro atoms. The second-order valence-corrected chi connectivity index (χ2v) is 4.62. The molecule has 108 valence electrons. The minimum atomic E-state index is -4.59. The topological polar surface area (TPSA) is 20.2 Å². The van der Waals surface area contributed by atoms with Crippen molar-refractivity contribution in [3.05, 3.63) is 71.3 Å². The van der Waals surface area contributed by atoms with Crippen molar-refractivity contribution in [1.82, 2.24) is 0 Å². The minimum absolute atomic E-state index is 0.0337. The van der Waals surface area contributed by atoms with Gasteiger partial charge in [-0.1, -0.05) is 49.0 Å². The Kier molecular flexibility index (Phi) is 5.60. The number of hydrogen-bond acceptors (Lipinski definition) is 1. The van der Waals surface area contributed by atoms with Gasteiger partial charge in [-0.25, -0.2) is 0 Å². The largest absolute Gasteiger partial charge is 0.416 e. The van der Waals surface area contributed by atoms with Crippen molar-refractivity contribution in [3.8, 4) is 0 Å². The zero-order chi connectivity index (χ0) is 15.3. The van der Waals surface area contributed by atoms with Gasteiger partial charge in [0.25, 0.3) is 0 Å². The summed E-state index contributed by atoms with van der Waals surface area (Å²) >= 11 is 5.72. The highest BCUT2D eigenvalue weighted by Crippen LogP contribution is 2.32. The average Bonchev–Trinajstić information content (AvgIpc) is 2.36. The van der Waals surface area contributed by atoms with Gasteiger partial charge in [0, 0.05) is 11.4 Å². The van der Waals surface area contributed by atoms with Crippen molar-refractivity contribution in [2.45, 2.75) is 18.7 Å². The lowest BCUT2D eigenvalue weighted by Gasteiger charge is -2.19. The van der Waals surface area contributed by atoms with Gasteiger partial charge in [0.1, 0.15) is 0 Å². The van der Waals surface area contributed by atoms with Crippen molar-refractivity contribution >= 4 is 11.6 Å². The van der Waals surface area contributed by atoms with Crippen LogP contribution in [0.25, 0.3) is 0 Å². The molecule has 0 saturated carbocycles. The molecule has 1 aromatic rings. The molecule has 0 aliphatic heterocycles. The number of aliphatic hydroxyl groups excluding tert-OH is 1. The van der Waals surface area contributed by atoms with E-state index in [1.54, 1.807) is 24.3 Å². The summed E-state index contributed by atoms with van der Waals surface area (Å²) in [5.41, 5.74) is -0.687. The van der Waals surface area contributed by atoms with Gasteiger partial charge in [-0.05, 0) is 23.3 Å². The third kappa shape index (κ3) is 4.54. The van der Waals surface area contributed by atoms with E-state index in [0.29, 0.717) is 10.6 Å². The Labute approximate surface area is 120 Å². The fourth-order valence-corrected chi connectivity index (χ4v) is 1.78. The quantitative estimate of drug-likeness (QED) is 0.795. The van der Waals surface area contributed by atoms with Crippen LogP contribution in [-0.2, 0) is 6.42 Å². The molecule has 1 unspecified atom stereocenters. The van der Waals surface area contributed by atoms with E-state index in [4.69, 9.17) is 11.6 Å². The Bertz CT molecular complexity index is 515. The summed E-state index contributed by atoms with van der Waals surface area (Å²) in [6.07, 6.45) is -3.56. The molecule has 0 fully saturated rings. The molecule has 1 N–H and O–H groups in total. The molecule has 1 aromatic carbocycles. The summed E-state index contributed by atoms with van der Waals surface area (Å²) in [6, 6.07) is 6.51. The summed E-state index contributed by atoms with van der Waals surface area (Å²) in [6.45, 7) is 6.35. The van der Waals surface area contributed by atoms with Crippen LogP contribution in [0.1, 0.15) is 5.56 Å². The van der Waals surface area contributed by atoms with Gasteiger partial charge in [-0.15, -0.1) is 0 Å². The van der Waals surface area contributed by atoms with Crippen molar-refractivity contribution in [2.24, 2.45) is 0 Å². The minimum Gasteiger partial charge on any atom is -0.388 e. The van der Waals surface area contributed by atoms with Crippen molar-refractivity contribution < 1.29 is 18.3 Å². The fraction of sp³-hybridized carbons (Fsp3) is 0.200. The number of rotatable bonds is 5. The molecular weight excluding hydrogens is 289 g/mol. The zero-order valence-corrected chi connectivity index (χ0v) is 11.4. The Morgan fingerprint density at radius 2 is 1.85 bits per heavy atom. The maximum absolute atomic E-state index is 12.7. The maximum atomic E-state index is 12.7. The zero-order valence-electron chi connectivity index (χ0n) is 10.6. The second kappa shape index (κ2) is 6.77. The normalized spacial score (nSPS) is 13.9. The van der Waals surface area contributed by atoms with E-state index in [1.807, 2.05) is 0 Å². The number of alkyl halides is 3. The lowest BCUT2D eigenvalue weighted by atomic mass is 9.95. The molecular formula is C15H14ClF3O. The summed E-state index contributed by atoms with van der Waals surface area (Å²) in [4.78, 5) is 0. The molecule has 0 aliphatic carbocycles. The highest BCUT2D eigenvalue weighted by molar-refractivity contribution is 6.30. The Hall–Kier alpha value is -1.52. The van der Waals surface area contributed by atoms with Crippen LogP contribution < -0.4 is 0 Å². The van der Waals surface area contributed by atoms with Gasteiger partial charge in [-0.3, -0.25) is 0 Å². The molecule has 1 nitrogen and oxygen atoms in total. The van der Waals surface area contributed by atoms with E-state index >= 15 is 0 Å². The molecule has 1 rings (SSSR count). The predicted molar refractivity (Wildman–Crippen MR) is 74.6 cm³/mol. The van der Waals surface area contributed by atoms with Crippen molar-refractivity contribution in [1.29, 1.82) is 0 Å². The first-order valence-corrected chi connectivity index (χ1v) is 6.15. The first-order valence-electron chi connectivity index (χ1n) is 5.77. The van der Waals surface area contributed by atoms with Gasteiger partial charge in [-0.2, -0.15) is 13.2 Å². The van der Waals surface area contributed by atoms with Gasteiger partial charge in [0.05, 0.1) is 11.7 Å². The first kappa shape index (κ1) is 16.5. The molecule has 0 amide bonds. The predicted octanol–water partition coefficient (Wildman–Crippen LogP) is 4.47.